The van der Waals surface area contributed by atoms with Crippen LogP contribution in [0.25, 0.3) is 0 Å². The van der Waals surface area contributed by atoms with E-state index in [0.717, 1.165) is 16.9 Å². The maximum atomic E-state index is 11.7. The van der Waals surface area contributed by atoms with Crippen LogP contribution in [0.1, 0.15) is 28.4 Å². The lowest BCUT2D eigenvalue weighted by Gasteiger charge is -2.04. The fourth-order valence-corrected chi connectivity index (χ4v) is 1.81. The Hall–Kier alpha value is -2.23. The van der Waals surface area contributed by atoms with Crippen LogP contribution >= 0.6 is 0 Å². The monoisotopic (exact) mass is 260 g/mol. The highest BCUT2D eigenvalue weighted by atomic mass is 16.5. The Balaban J connectivity index is 2.14. The first-order valence-corrected chi connectivity index (χ1v) is 6.09. The lowest BCUT2D eigenvalue weighted by atomic mass is 10.0. The molecule has 1 aromatic heterocycles. The molecule has 0 bridgehead atoms. The Kier molecular flexibility index (Phi) is 4.23. The van der Waals surface area contributed by atoms with Gasteiger partial charge in [0.2, 0.25) is 0 Å². The molecule has 100 valence electrons. The van der Waals surface area contributed by atoms with Crippen molar-refractivity contribution >= 4 is 5.97 Å². The van der Waals surface area contributed by atoms with Crippen LogP contribution in [0.5, 0.6) is 5.75 Å². The van der Waals surface area contributed by atoms with E-state index in [-0.39, 0.29) is 5.97 Å². The molecule has 2 aromatic rings. The van der Waals surface area contributed by atoms with Gasteiger partial charge in [-0.2, -0.15) is 0 Å². The standard InChI is InChI=1S/C15H16O4/c1-3-19-15(16)14-10-18-9-12(14)8-11-4-6-13(17-2)7-5-11/h4-7,9-10H,3,8H2,1-2H3. The van der Waals surface area contributed by atoms with E-state index in [1.165, 1.54) is 6.26 Å². The number of carbonyl (C=O) groups excluding carboxylic acids is 1. The zero-order valence-corrected chi connectivity index (χ0v) is 11.0. The number of hydrogen-bond donors (Lipinski definition) is 0. The van der Waals surface area contributed by atoms with Crippen LogP contribution in [0.4, 0.5) is 0 Å². The summed E-state index contributed by atoms with van der Waals surface area (Å²) >= 11 is 0. The van der Waals surface area contributed by atoms with Crippen LogP contribution in [0.3, 0.4) is 0 Å². The number of esters is 1. The lowest BCUT2D eigenvalue weighted by molar-refractivity contribution is 0.0524. The number of carbonyl (C=O) groups is 1. The SMILES string of the molecule is CCOC(=O)c1cocc1Cc1ccc(OC)cc1. The van der Waals surface area contributed by atoms with E-state index in [4.69, 9.17) is 13.9 Å². The summed E-state index contributed by atoms with van der Waals surface area (Å²) in [6, 6.07) is 7.69. The molecule has 0 saturated heterocycles. The van der Waals surface area contributed by atoms with E-state index >= 15 is 0 Å². The average molecular weight is 260 g/mol. The number of hydrogen-bond acceptors (Lipinski definition) is 4. The second-order valence-corrected chi connectivity index (χ2v) is 4.06. The first-order chi connectivity index (χ1) is 9.24. The molecule has 1 heterocycles. The summed E-state index contributed by atoms with van der Waals surface area (Å²) in [6.07, 6.45) is 3.63. The van der Waals surface area contributed by atoms with E-state index in [0.29, 0.717) is 18.6 Å². The Bertz CT molecular complexity index is 540. The number of benzene rings is 1. The largest absolute Gasteiger partial charge is 0.497 e. The summed E-state index contributed by atoms with van der Waals surface area (Å²) in [4.78, 5) is 11.7. The van der Waals surface area contributed by atoms with Crippen LogP contribution in [0.15, 0.2) is 41.2 Å². The van der Waals surface area contributed by atoms with Crippen LogP contribution < -0.4 is 4.74 Å². The molecule has 0 fully saturated rings. The molecule has 0 radical (unpaired) electrons. The van der Waals surface area contributed by atoms with Gasteiger partial charge in [-0.15, -0.1) is 0 Å². The molecule has 0 spiro atoms. The average Bonchev–Trinajstić information content (AvgIpc) is 2.88. The minimum absolute atomic E-state index is 0.347. The molecule has 0 atom stereocenters. The van der Waals surface area contributed by atoms with Gasteiger partial charge in [-0.25, -0.2) is 4.79 Å². The van der Waals surface area contributed by atoms with Crippen molar-refractivity contribution in [1.29, 1.82) is 0 Å². The van der Waals surface area contributed by atoms with Crippen molar-refractivity contribution in [2.24, 2.45) is 0 Å². The van der Waals surface area contributed by atoms with Gasteiger partial charge in [-0.1, -0.05) is 12.1 Å². The van der Waals surface area contributed by atoms with Crippen LogP contribution in [-0.2, 0) is 11.2 Å². The molecule has 1 aromatic carbocycles. The van der Waals surface area contributed by atoms with Gasteiger partial charge in [0.05, 0.1) is 20.0 Å². The predicted molar refractivity (Wildman–Crippen MR) is 70.5 cm³/mol. The fourth-order valence-electron chi connectivity index (χ4n) is 1.81. The van der Waals surface area contributed by atoms with E-state index in [2.05, 4.69) is 0 Å². The minimum atomic E-state index is -0.347. The number of ether oxygens (including phenoxy) is 2. The summed E-state index contributed by atoms with van der Waals surface area (Å²) in [5, 5.41) is 0. The number of rotatable bonds is 5. The quantitative estimate of drug-likeness (QED) is 0.775. The van der Waals surface area contributed by atoms with E-state index < -0.39 is 0 Å². The Labute approximate surface area is 111 Å². The van der Waals surface area contributed by atoms with E-state index in [1.54, 1.807) is 20.3 Å². The molecular formula is C15H16O4. The highest BCUT2D eigenvalue weighted by Crippen LogP contribution is 2.19. The van der Waals surface area contributed by atoms with Crippen molar-refractivity contribution in [3.63, 3.8) is 0 Å². The fraction of sp³-hybridized carbons (Fsp3) is 0.267. The van der Waals surface area contributed by atoms with Crippen molar-refractivity contribution in [1.82, 2.24) is 0 Å². The molecule has 0 aliphatic carbocycles. The van der Waals surface area contributed by atoms with Crippen molar-refractivity contribution in [2.45, 2.75) is 13.3 Å². The van der Waals surface area contributed by atoms with Gasteiger partial charge in [-0.05, 0) is 24.6 Å². The molecule has 0 aliphatic rings. The van der Waals surface area contributed by atoms with Gasteiger partial charge in [0, 0.05) is 12.0 Å². The topological polar surface area (TPSA) is 48.7 Å². The third kappa shape index (κ3) is 3.16. The van der Waals surface area contributed by atoms with E-state index in [9.17, 15) is 4.79 Å². The molecule has 0 amide bonds. The Morgan fingerprint density at radius 3 is 2.58 bits per heavy atom. The highest BCUT2D eigenvalue weighted by Gasteiger charge is 2.15. The maximum Gasteiger partial charge on any atom is 0.341 e. The molecule has 0 saturated carbocycles. The lowest BCUT2D eigenvalue weighted by Crippen LogP contribution is -2.06. The summed E-state index contributed by atoms with van der Waals surface area (Å²) in [6.45, 7) is 2.13. The van der Waals surface area contributed by atoms with Gasteiger partial charge in [0.25, 0.3) is 0 Å². The molecule has 4 heteroatoms. The third-order valence-corrected chi connectivity index (χ3v) is 2.79. The highest BCUT2D eigenvalue weighted by molar-refractivity contribution is 5.90. The van der Waals surface area contributed by atoms with Crippen molar-refractivity contribution in [2.75, 3.05) is 13.7 Å². The summed E-state index contributed by atoms with van der Waals surface area (Å²) < 4.78 is 15.2. The van der Waals surface area contributed by atoms with Crippen molar-refractivity contribution in [3.8, 4) is 5.75 Å². The first-order valence-electron chi connectivity index (χ1n) is 6.09. The third-order valence-electron chi connectivity index (χ3n) is 2.79. The predicted octanol–water partition coefficient (Wildman–Crippen LogP) is 3.06. The second-order valence-electron chi connectivity index (χ2n) is 4.06. The second kappa shape index (κ2) is 6.09. The van der Waals surface area contributed by atoms with Gasteiger partial charge in [0.1, 0.15) is 17.6 Å². The summed E-state index contributed by atoms with van der Waals surface area (Å²) in [5.41, 5.74) is 2.38. The molecule has 19 heavy (non-hydrogen) atoms. The molecule has 2 rings (SSSR count). The molecular weight excluding hydrogens is 244 g/mol. The van der Waals surface area contributed by atoms with Crippen LogP contribution in [-0.4, -0.2) is 19.7 Å². The minimum Gasteiger partial charge on any atom is -0.497 e. The van der Waals surface area contributed by atoms with Crippen LogP contribution in [0, 0.1) is 0 Å². The smallest absolute Gasteiger partial charge is 0.341 e. The van der Waals surface area contributed by atoms with Gasteiger partial charge < -0.3 is 13.9 Å². The first kappa shape index (κ1) is 13.2. The Morgan fingerprint density at radius 1 is 1.21 bits per heavy atom. The number of furan rings is 1. The zero-order valence-electron chi connectivity index (χ0n) is 11.0. The van der Waals surface area contributed by atoms with Gasteiger partial charge >= 0.3 is 5.97 Å². The molecule has 0 unspecified atom stereocenters. The molecule has 4 nitrogen and oxygen atoms in total. The summed E-state index contributed by atoms with van der Waals surface area (Å²) in [5.74, 6) is 0.460. The van der Waals surface area contributed by atoms with Crippen molar-refractivity contribution < 1.29 is 18.7 Å². The number of methoxy groups -OCH3 is 1. The van der Waals surface area contributed by atoms with Crippen molar-refractivity contribution in [3.05, 3.63) is 53.5 Å². The van der Waals surface area contributed by atoms with Gasteiger partial charge in [-0.3, -0.25) is 0 Å². The maximum absolute atomic E-state index is 11.7. The Morgan fingerprint density at radius 2 is 1.95 bits per heavy atom. The summed E-state index contributed by atoms with van der Waals surface area (Å²) in [7, 11) is 1.63. The van der Waals surface area contributed by atoms with Crippen LogP contribution in [0.2, 0.25) is 0 Å². The van der Waals surface area contributed by atoms with E-state index in [1.807, 2.05) is 24.3 Å². The molecule has 0 N–H and O–H groups in total. The normalized spacial score (nSPS) is 10.2. The molecule has 0 aliphatic heterocycles. The zero-order chi connectivity index (χ0) is 13.7. The van der Waals surface area contributed by atoms with Gasteiger partial charge in [0.15, 0.2) is 0 Å².